The van der Waals surface area contributed by atoms with Crippen LogP contribution in [-0.2, 0) is 6.54 Å². The molecule has 3 N–H and O–H groups in total. The van der Waals surface area contributed by atoms with Gasteiger partial charge in [-0.3, -0.25) is 4.99 Å². The van der Waals surface area contributed by atoms with Gasteiger partial charge in [-0.1, -0.05) is 6.92 Å². The monoisotopic (exact) mass is 250 g/mol. The van der Waals surface area contributed by atoms with Gasteiger partial charge in [-0.25, -0.2) is 4.99 Å². The Kier molecular flexibility index (Phi) is 3.78. The molecule has 1 aliphatic heterocycles. The number of hydrogen-bond acceptors (Lipinski definition) is 4. The van der Waals surface area contributed by atoms with Crippen LogP contribution in [0.25, 0.3) is 0 Å². The molecule has 5 heteroatoms. The Morgan fingerprint density at radius 3 is 3.06 bits per heavy atom. The van der Waals surface area contributed by atoms with Crippen LogP contribution in [0.3, 0.4) is 0 Å². The molecule has 17 heavy (non-hydrogen) atoms. The van der Waals surface area contributed by atoms with Gasteiger partial charge in [-0.15, -0.1) is 0 Å². The third-order valence-corrected chi connectivity index (χ3v) is 3.54. The van der Waals surface area contributed by atoms with E-state index in [9.17, 15) is 0 Å². The summed E-state index contributed by atoms with van der Waals surface area (Å²) in [4.78, 5) is 8.96. The predicted molar refractivity (Wildman–Crippen MR) is 73.5 cm³/mol. The molecular weight excluding hydrogens is 232 g/mol. The first-order valence-corrected chi connectivity index (χ1v) is 6.80. The van der Waals surface area contributed by atoms with Crippen molar-refractivity contribution >= 4 is 23.0 Å². The molecule has 1 aromatic heterocycles. The Morgan fingerprint density at radius 1 is 1.59 bits per heavy atom. The second kappa shape index (κ2) is 5.31. The molecule has 0 aromatic carbocycles. The van der Waals surface area contributed by atoms with Crippen LogP contribution in [0.5, 0.6) is 0 Å². The zero-order valence-electron chi connectivity index (χ0n) is 10.2. The minimum Gasteiger partial charge on any atom is -0.387 e. The molecule has 0 spiro atoms. The van der Waals surface area contributed by atoms with Gasteiger partial charge in [-0.2, -0.15) is 11.3 Å². The predicted octanol–water partition coefficient (Wildman–Crippen LogP) is 1.98. The zero-order valence-corrected chi connectivity index (χ0v) is 11.0. The molecular formula is C12H18N4S. The third kappa shape index (κ3) is 2.85. The minimum atomic E-state index is 0.0269. The smallest absolute Gasteiger partial charge is 0.118 e. The van der Waals surface area contributed by atoms with Crippen LogP contribution < -0.4 is 11.1 Å². The maximum Gasteiger partial charge on any atom is 0.118 e. The average molecular weight is 250 g/mol. The van der Waals surface area contributed by atoms with Crippen molar-refractivity contribution in [2.75, 3.05) is 0 Å². The standard InChI is InChI=1S/C12H18N4S/c1-3-10-11(13)15-8(2)16-12(10)14-6-9-4-5-17-7-9/h4-5,7-8,10H,3,6H2,1-2H3,(H2,13,15)(H,14,16). The van der Waals surface area contributed by atoms with Gasteiger partial charge in [0, 0.05) is 0 Å². The number of nitrogens with one attached hydrogen (secondary N) is 1. The van der Waals surface area contributed by atoms with E-state index in [1.165, 1.54) is 5.56 Å². The van der Waals surface area contributed by atoms with Crippen molar-refractivity contribution in [2.24, 2.45) is 21.6 Å². The summed E-state index contributed by atoms with van der Waals surface area (Å²) >= 11 is 1.70. The van der Waals surface area contributed by atoms with E-state index in [1.807, 2.05) is 6.92 Å². The number of amidine groups is 2. The second-order valence-electron chi connectivity index (χ2n) is 4.17. The van der Waals surface area contributed by atoms with Gasteiger partial charge in [-0.05, 0) is 35.7 Å². The average Bonchev–Trinajstić information content (AvgIpc) is 2.78. The molecule has 2 unspecified atom stereocenters. The maximum absolute atomic E-state index is 5.95. The van der Waals surface area contributed by atoms with Gasteiger partial charge in [0.15, 0.2) is 0 Å². The number of nitrogens with two attached hydrogens (primary N) is 1. The van der Waals surface area contributed by atoms with E-state index < -0.39 is 0 Å². The molecule has 1 aliphatic rings. The Morgan fingerprint density at radius 2 is 2.41 bits per heavy atom. The van der Waals surface area contributed by atoms with Gasteiger partial charge in [0.1, 0.15) is 17.8 Å². The molecule has 2 heterocycles. The normalized spacial score (nSPS) is 26.7. The Hall–Kier alpha value is -1.36. The first kappa shape index (κ1) is 12.1. The Labute approximate surface area is 106 Å². The van der Waals surface area contributed by atoms with Crippen molar-refractivity contribution in [3.8, 4) is 0 Å². The quantitative estimate of drug-likeness (QED) is 0.861. The summed E-state index contributed by atoms with van der Waals surface area (Å²) in [5.74, 6) is 1.81. The van der Waals surface area contributed by atoms with Gasteiger partial charge in [0.2, 0.25) is 0 Å². The van der Waals surface area contributed by atoms with Crippen LogP contribution in [0.15, 0.2) is 26.8 Å². The van der Waals surface area contributed by atoms with Crippen molar-refractivity contribution in [3.63, 3.8) is 0 Å². The van der Waals surface area contributed by atoms with Crippen LogP contribution in [0, 0.1) is 5.92 Å². The maximum atomic E-state index is 5.95. The van der Waals surface area contributed by atoms with E-state index >= 15 is 0 Å². The van der Waals surface area contributed by atoms with E-state index in [0.29, 0.717) is 12.4 Å². The van der Waals surface area contributed by atoms with Crippen molar-refractivity contribution in [1.29, 1.82) is 0 Å². The Balaban J connectivity index is 2.13. The van der Waals surface area contributed by atoms with Crippen LogP contribution in [0.2, 0.25) is 0 Å². The lowest BCUT2D eigenvalue weighted by Crippen LogP contribution is -2.47. The van der Waals surface area contributed by atoms with Gasteiger partial charge < -0.3 is 11.1 Å². The first-order chi connectivity index (χ1) is 8.20. The summed E-state index contributed by atoms with van der Waals surface area (Å²) in [6.45, 7) is 4.80. The van der Waals surface area contributed by atoms with Crippen LogP contribution in [0.4, 0.5) is 0 Å². The Bertz CT molecular complexity index is 422. The van der Waals surface area contributed by atoms with Crippen LogP contribution in [0.1, 0.15) is 25.8 Å². The highest BCUT2D eigenvalue weighted by molar-refractivity contribution is 7.07. The van der Waals surface area contributed by atoms with Crippen molar-refractivity contribution in [1.82, 2.24) is 5.32 Å². The molecule has 0 saturated heterocycles. The van der Waals surface area contributed by atoms with Crippen LogP contribution in [-0.4, -0.2) is 17.8 Å². The highest BCUT2D eigenvalue weighted by Gasteiger charge is 2.24. The molecule has 0 radical (unpaired) electrons. The third-order valence-electron chi connectivity index (χ3n) is 2.81. The van der Waals surface area contributed by atoms with Gasteiger partial charge >= 0.3 is 0 Å². The van der Waals surface area contributed by atoms with E-state index in [1.54, 1.807) is 11.3 Å². The highest BCUT2D eigenvalue weighted by Crippen LogP contribution is 2.13. The fraction of sp³-hybridized carbons (Fsp3) is 0.500. The lowest BCUT2D eigenvalue weighted by molar-refractivity contribution is 0.627. The lowest BCUT2D eigenvalue weighted by Gasteiger charge is -2.27. The molecule has 2 atom stereocenters. The second-order valence-corrected chi connectivity index (χ2v) is 4.95. The lowest BCUT2D eigenvalue weighted by atomic mass is 10.0. The molecule has 0 bridgehead atoms. The van der Waals surface area contributed by atoms with Crippen molar-refractivity contribution in [2.45, 2.75) is 33.0 Å². The number of rotatable bonds is 3. The number of nitrogens with zero attached hydrogens (tertiary/aromatic N) is 2. The fourth-order valence-electron chi connectivity index (χ4n) is 1.92. The number of thiophene rings is 1. The molecule has 4 nitrogen and oxygen atoms in total. The summed E-state index contributed by atoms with van der Waals surface area (Å²) < 4.78 is 0. The topological polar surface area (TPSA) is 62.8 Å². The zero-order chi connectivity index (χ0) is 12.3. The highest BCUT2D eigenvalue weighted by atomic mass is 32.1. The largest absolute Gasteiger partial charge is 0.387 e. The first-order valence-electron chi connectivity index (χ1n) is 5.85. The van der Waals surface area contributed by atoms with Crippen molar-refractivity contribution in [3.05, 3.63) is 22.4 Å². The molecule has 0 fully saturated rings. The van der Waals surface area contributed by atoms with E-state index in [4.69, 9.17) is 5.73 Å². The molecule has 92 valence electrons. The van der Waals surface area contributed by atoms with E-state index in [-0.39, 0.29) is 12.1 Å². The van der Waals surface area contributed by atoms with Gasteiger partial charge in [0.25, 0.3) is 0 Å². The minimum absolute atomic E-state index is 0.0269. The molecule has 0 aliphatic carbocycles. The summed E-state index contributed by atoms with van der Waals surface area (Å²) in [6.07, 6.45) is 0.955. The summed E-state index contributed by atoms with van der Waals surface area (Å²) in [5.41, 5.74) is 7.19. The van der Waals surface area contributed by atoms with E-state index in [2.05, 4.69) is 39.1 Å². The van der Waals surface area contributed by atoms with Crippen molar-refractivity contribution < 1.29 is 0 Å². The number of hydrogen-bond donors (Lipinski definition) is 2. The summed E-state index contributed by atoms with van der Waals surface area (Å²) in [5, 5.41) is 7.48. The molecule has 0 amide bonds. The van der Waals surface area contributed by atoms with Gasteiger partial charge in [0.05, 0.1) is 12.5 Å². The summed E-state index contributed by atoms with van der Waals surface area (Å²) in [7, 11) is 0. The van der Waals surface area contributed by atoms with Crippen LogP contribution >= 0.6 is 11.3 Å². The SMILES string of the molecule is CCC1C(N)=NC(C)NC1=NCc1ccsc1. The molecule has 1 aromatic rings. The number of aliphatic imine (C=N–C) groups is 2. The van der Waals surface area contributed by atoms with E-state index in [0.717, 1.165) is 12.3 Å². The molecule has 2 rings (SSSR count). The fourth-order valence-corrected chi connectivity index (χ4v) is 2.58. The summed E-state index contributed by atoms with van der Waals surface area (Å²) in [6, 6.07) is 2.10. The molecule has 0 saturated carbocycles.